The summed E-state index contributed by atoms with van der Waals surface area (Å²) in [5.41, 5.74) is 5.42. The van der Waals surface area contributed by atoms with E-state index in [1.54, 1.807) is 0 Å². The van der Waals surface area contributed by atoms with Crippen LogP contribution in [0.25, 0.3) is 0 Å². The molecular weight excluding hydrogens is 197 g/mol. The van der Waals surface area contributed by atoms with Gasteiger partial charge in [-0.2, -0.15) is 0 Å². The van der Waals surface area contributed by atoms with Gasteiger partial charge in [0.1, 0.15) is 11.6 Å². The lowest BCUT2D eigenvalue weighted by atomic mass is 10.1. The number of anilines is 1. The van der Waals surface area contributed by atoms with Gasteiger partial charge in [0.25, 0.3) is 0 Å². The summed E-state index contributed by atoms with van der Waals surface area (Å²) in [6, 6.07) is 2.66. The topological polar surface area (TPSA) is 68.0 Å². The van der Waals surface area contributed by atoms with E-state index in [4.69, 9.17) is 5.73 Å². The van der Waals surface area contributed by atoms with Gasteiger partial charge in [-0.25, -0.2) is 9.37 Å². The van der Waals surface area contributed by atoms with E-state index in [2.05, 4.69) is 10.3 Å². The van der Waals surface area contributed by atoms with Gasteiger partial charge in [0.05, 0.1) is 12.1 Å². The van der Waals surface area contributed by atoms with Gasteiger partial charge in [0.15, 0.2) is 0 Å². The van der Waals surface area contributed by atoms with Gasteiger partial charge >= 0.3 is 0 Å². The van der Waals surface area contributed by atoms with E-state index in [-0.39, 0.29) is 11.8 Å². The molecule has 1 amide bonds. The Bertz CT molecular complexity index is 322. The van der Waals surface area contributed by atoms with Crippen molar-refractivity contribution in [3.8, 4) is 0 Å². The van der Waals surface area contributed by atoms with E-state index in [9.17, 15) is 9.18 Å². The summed E-state index contributed by atoms with van der Waals surface area (Å²) in [6.07, 6.45) is 1.72. The zero-order chi connectivity index (χ0) is 11.3. The Kier molecular flexibility index (Phi) is 4.17. The highest BCUT2D eigenvalue weighted by Gasteiger charge is 2.14. The molecule has 0 spiro atoms. The zero-order valence-electron chi connectivity index (χ0n) is 8.53. The quantitative estimate of drug-likeness (QED) is 0.784. The average molecular weight is 211 g/mol. The van der Waals surface area contributed by atoms with Crippen LogP contribution in [0.5, 0.6) is 0 Å². The average Bonchev–Trinajstić information content (AvgIpc) is 2.23. The number of carbonyl (C=O) groups excluding carboxylic acids is 1. The number of pyridine rings is 1. The third-order valence-electron chi connectivity index (χ3n) is 2.13. The van der Waals surface area contributed by atoms with Crippen LogP contribution in [0.4, 0.5) is 10.2 Å². The van der Waals surface area contributed by atoms with Crippen molar-refractivity contribution in [1.82, 2.24) is 4.98 Å². The first kappa shape index (κ1) is 11.6. The molecule has 0 fully saturated rings. The molecule has 0 aliphatic carbocycles. The van der Waals surface area contributed by atoms with E-state index in [1.165, 1.54) is 12.1 Å². The van der Waals surface area contributed by atoms with Gasteiger partial charge < -0.3 is 11.1 Å². The monoisotopic (exact) mass is 211 g/mol. The van der Waals surface area contributed by atoms with Crippen molar-refractivity contribution in [2.75, 3.05) is 11.9 Å². The molecule has 15 heavy (non-hydrogen) atoms. The molecule has 0 radical (unpaired) electrons. The number of halogens is 1. The molecule has 1 heterocycles. The maximum atomic E-state index is 12.5. The lowest BCUT2D eigenvalue weighted by Gasteiger charge is -2.11. The predicted octanol–water partition coefficient (Wildman–Crippen LogP) is 1.14. The van der Waals surface area contributed by atoms with Gasteiger partial charge in [-0.05, 0) is 18.6 Å². The Morgan fingerprint density at radius 1 is 1.67 bits per heavy atom. The van der Waals surface area contributed by atoms with E-state index in [0.717, 1.165) is 6.20 Å². The highest BCUT2D eigenvalue weighted by Crippen LogP contribution is 2.07. The highest BCUT2D eigenvalue weighted by atomic mass is 19.1. The van der Waals surface area contributed by atoms with Crippen molar-refractivity contribution < 1.29 is 9.18 Å². The number of nitrogens with two attached hydrogens (primary N) is 1. The van der Waals surface area contributed by atoms with Gasteiger partial charge in [-0.3, -0.25) is 4.79 Å². The molecule has 0 aromatic carbocycles. The van der Waals surface area contributed by atoms with Gasteiger partial charge in [-0.1, -0.05) is 6.92 Å². The van der Waals surface area contributed by atoms with E-state index < -0.39 is 5.82 Å². The van der Waals surface area contributed by atoms with Crippen LogP contribution in [0.1, 0.15) is 13.3 Å². The summed E-state index contributed by atoms with van der Waals surface area (Å²) in [4.78, 5) is 15.3. The van der Waals surface area contributed by atoms with Crippen LogP contribution in [0, 0.1) is 11.7 Å². The molecule has 82 valence electrons. The van der Waals surface area contributed by atoms with Crippen LogP contribution >= 0.6 is 0 Å². The molecule has 1 aromatic heterocycles. The molecule has 1 aromatic rings. The van der Waals surface area contributed by atoms with Gasteiger partial charge in [-0.15, -0.1) is 0 Å². The lowest BCUT2D eigenvalue weighted by molar-refractivity contribution is -0.119. The Hall–Kier alpha value is -1.49. The fraction of sp³-hybridized carbons (Fsp3) is 0.400. The number of aromatic nitrogens is 1. The highest BCUT2D eigenvalue weighted by molar-refractivity contribution is 5.91. The van der Waals surface area contributed by atoms with Crippen molar-refractivity contribution in [1.29, 1.82) is 0 Å². The molecular formula is C10H14FN3O. The molecule has 1 atom stereocenters. The van der Waals surface area contributed by atoms with Crippen molar-refractivity contribution in [3.05, 3.63) is 24.1 Å². The number of nitrogens with one attached hydrogen (secondary N) is 1. The SMILES string of the molecule is CCC(CN)C(=O)Nc1ccc(F)cn1. The standard InChI is InChI=1S/C10H14FN3O/c1-2-7(5-12)10(15)14-9-4-3-8(11)6-13-9/h3-4,6-7H,2,5,12H2,1H3,(H,13,14,15). The van der Waals surface area contributed by atoms with Crippen molar-refractivity contribution in [2.24, 2.45) is 11.7 Å². The predicted molar refractivity (Wildman–Crippen MR) is 55.7 cm³/mol. The van der Waals surface area contributed by atoms with Crippen LogP contribution < -0.4 is 11.1 Å². The number of carbonyl (C=O) groups is 1. The first-order chi connectivity index (χ1) is 7.17. The Morgan fingerprint density at radius 3 is 2.87 bits per heavy atom. The number of hydrogen-bond acceptors (Lipinski definition) is 3. The summed E-state index contributed by atoms with van der Waals surface area (Å²) in [5, 5.41) is 2.57. The molecule has 3 N–H and O–H groups in total. The third-order valence-corrected chi connectivity index (χ3v) is 2.13. The third kappa shape index (κ3) is 3.28. The Balaban J connectivity index is 2.61. The minimum atomic E-state index is -0.432. The maximum Gasteiger partial charge on any atom is 0.229 e. The molecule has 1 rings (SSSR count). The number of rotatable bonds is 4. The molecule has 5 heteroatoms. The fourth-order valence-corrected chi connectivity index (χ4v) is 1.14. The summed E-state index contributed by atoms with van der Waals surface area (Å²) < 4.78 is 12.5. The smallest absolute Gasteiger partial charge is 0.229 e. The summed E-state index contributed by atoms with van der Waals surface area (Å²) in [7, 11) is 0. The molecule has 0 aliphatic rings. The van der Waals surface area contributed by atoms with E-state index >= 15 is 0 Å². The molecule has 0 aliphatic heterocycles. The van der Waals surface area contributed by atoms with E-state index in [1.807, 2.05) is 6.92 Å². The van der Waals surface area contributed by atoms with Crippen molar-refractivity contribution in [2.45, 2.75) is 13.3 Å². The molecule has 0 bridgehead atoms. The Morgan fingerprint density at radius 2 is 2.40 bits per heavy atom. The minimum Gasteiger partial charge on any atom is -0.330 e. The maximum absolute atomic E-state index is 12.5. The fourth-order valence-electron chi connectivity index (χ4n) is 1.14. The largest absolute Gasteiger partial charge is 0.330 e. The summed E-state index contributed by atoms with van der Waals surface area (Å²) >= 11 is 0. The Labute approximate surface area is 87.7 Å². The van der Waals surface area contributed by atoms with Crippen molar-refractivity contribution >= 4 is 11.7 Å². The molecule has 0 saturated heterocycles. The van der Waals surface area contributed by atoms with Gasteiger partial charge in [0.2, 0.25) is 5.91 Å². The first-order valence-corrected chi connectivity index (χ1v) is 4.79. The second-order valence-corrected chi connectivity index (χ2v) is 3.19. The van der Waals surface area contributed by atoms with Crippen LogP contribution in [-0.2, 0) is 4.79 Å². The molecule has 4 nitrogen and oxygen atoms in total. The second-order valence-electron chi connectivity index (χ2n) is 3.19. The van der Waals surface area contributed by atoms with Crippen LogP contribution in [0.2, 0.25) is 0 Å². The normalized spacial score (nSPS) is 12.2. The number of hydrogen-bond donors (Lipinski definition) is 2. The second kappa shape index (κ2) is 5.41. The zero-order valence-corrected chi connectivity index (χ0v) is 8.53. The van der Waals surface area contributed by atoms with E-state index in [0.29, 0.717) is 18.8 Å². The lowest BCUT2D eigenvalue weighted by Crippen LogP contribution is -2.28. The molecule has 1 unspecified atom stereocenters. The summed E-state index contributed by atoms with van der Waals surface area (Å²) in [5.74, 6) is -0.497. The van der Waals surface area contributed by atoms with Crippen LogP contribution in [-0.4, -0.2) is 17.4 Å². The van der Waals surface area contributed by atoms with Crippen LogP contribution in [0.3, 0.4) is 0 Å². The number of nitrogens with zero attached hydrogens (tertiary/aromatic N) is 1. The van der Waals surface area contributed by atoms with Crippen LogP contribution in [0.15, 0.2) is 18.3 Å². The molecule has 0 saturated carbocycles. The minimum absolute atomic E-state index is 0.181. The first-order valence-electron chi connectivity index (χ1n) is 4.79. The number of amides is 1. The van der Waals surface area contributed by atoms with Crippen molar-refractivity contribution in [3.63, 3.8) is 0 Å². The van der Waals surface area contributed by atoms with Gasteiger partial charge in [0, 0.05) is 6.54 Å². The summed E-state index contributed by atoms with van der Waals surface area (Å²) in [6.45, 7) is 2.18.